The lowest BCUT2D eigenvalue weighted by Crippen LogP contribution is -2.73. The molecule has 2 saturated heterocycles. The molecule has 2 aromatic rings. The van der Waals surface area contributed by atoms with Gasteiger partial charge in [0.05, 0.1) is 0 Å². The Morgan fingerprint density at radius 1 is 0.871 bits per heavy atom. The van der Waals surface area contributed by atoms with E-state index in [-0.39, 0.29) is 23.5 Å². The van der Waals surface area contributed by atoms with Crippen molar-refractivity contribution in [2.24, 2.45) is 5.41 Å². The number of ether oxygens (including phenoxy) is 2. The van der Waals surface area contributed by atoms with E-state index in [1.807, 2.05) is 45.0 Å². The van der Waals surface area contributed by atoms with E-state index >= 15 is 0 Å². The molecule has 2 amide bonds. The summed E-state index contributed by atoms with van der Waals surface area (Å²) in [6.45, 7) is 8.45. The lowest BCUT2D eigenvalue weighted by atomic mass is 9.73. The van der Waals surface area contributed by atoms with E-state index in [1.165, 1.54) is 22.3 Å². The van der Waals surface area contributed by atoms with Crippen molar-refractivity contribution < 1.29 is 19.1 Å². The lowest BCUT2D eigenvalue weighted by molar-refractivity contribution is -0.104. The van der Waals surface area contributed by atoms with Gasteiger partial charge in [-0.15, -0.1) is 0 Å². The second kappa shape index (κ2) is 7.01. The highest BCUT2D eigenvalue weighted by molar-refractivity contribution is 5.79. The van der Waals surface area contributed by atoms with Crippen LogP contribution in [0.4, 0.5) is 9.59 Å². The van der Waals surface area contributed by atoms with Crippen LogP contribution in [0.15, 0.2) is 48.5 Å². The van der Waals surface area contributed by atoms with Crippen molar-refractivity contribution in [3.05, 3.63) is 59.7 Å². The highest BCUT2D eigenvalue weighted by Crippen LogP contribution is 2.45. The number of fused-ring (bicyclic) bond motifs is 3. The third-order valence-electron chi connectivity index (χ3n) is 6.35. The highest BCUT2D eigenvalue weighted by atomic mass is 16.6. The first kappa shape index (κ1) is 19.9. The summed E-state index contributed by atoms with van der Waals surface area (Å²) in [5, 5.41) is 0. The van der Waals surface area contributed by atoms with Gasteiger partial charge in [0.25, 0.3) is 0 Å². The Bertz CT molecular complexity index is 982. The third-order valence-corrected chi connectivity index (χ3v) is 6.35. The number of hydrogen-bond donors (Lipinski definition) is 0. The minimum Gasteiger partial charge on any atom is -0.448 e. The Balaban J connectivity index is 1.15. The Kier molecular flexibility index (Phi) is 4.50. The molecule has 0 radical (unpaired) electrons. The van der Waals surface area contributed by atoms with E-state index in [0.29, 0.717) is 32.8 Å². The van der Waals surface area contributed by atoms with Gasteiger partial charge in [-0.05, 0) is 43.0 Å². The molecule has 1 aliphatic carbocycles. The van der Waals surface area contributed by atoms with Gasteiger partial charge >= 0.3 is 12.2 Å². The first-order valence-electron chi connectivity index (χ1n) is 10.8. The average molecular weight is 421 g/mol. The van der Waals surface area contributed by atoms with Crippen molar-refractivity contribution >= 4 is 12.2 Å². The largest absolute Gasteiger partial charge is 0.448 e. The Morgan fingerprint density at radius 3 is 1.87 bits per heavy atom. The maximum atomic E-state index is 12.6. The minimum atomic E-state index is -0.493. The van der Waals surface area contributed by atoms with E-state index < -0.39 is 5.60 Å². The molecule has 3 aliphatic rings. The van der Waals surface area contributed by atoms with Crippen LogP contribution in [0.25, 0.3) is 11.1 Å². The Morgan fingerprint density at radius 2 is 1.35 bits per heavy atom. The van der Waals surface area contributed by atoms with Gasteiger partial charge in [0, 0.05) is 37.5 Å². The molecule has 0 atom stereocenters. The smallest absolute Gasteiger partial charge is 0.410 e. The number of benzene rings is 2. The molecule has 2 aromatic carbocycles. The molecule has 2 fully saturated rings. The van der Waals surface area contributed by atoms with Crippen molar-refractivity contribution in [1.82, 2.24) is 9.80 Å². The monoisotopic (exact) mass is 420 g/mol. The standard InChI is InChI=1S/C25H28N2O4/c1-24(2,3)31-23(29)27-15-25(16-27)13-26(14-25)22(28)30-12-21-19-10-6-4-8-17(19)18-9-5-7-11-20(18)21/h4-11,21H,12-16H2,1-3H3. The summed E-state index contributed by atoms with van der Waals surface area (Å²) in [4.78, 5) is 28.2. The fraction of sp³-hybridized carbons (Fsp3) is 0.440. The van der Waals surface area contributed by atoms with Crippen LogP contribution >= 0.6 is 0 Å². The zero-order valence-corrected chi connectivity index (χ0v) is 18.3. The molecular weight excluding hydrogens is 392 g/mol. The zero-order valence-electron chi connectivity index (χ0n) is 18.3. The second-order valence-corrected chi connectivity index (χ2v) is 10.00. The summed E-state index contributed by atoms with van der Waals surface area (Å²) < 4.78 is 11.1. The lowest BCUT2D eigenvalue weighted by Gasteiger charge is -2.59. The molecular formula is C25H28N2O4. The van der Waals surface area contributed by atoms with Crippen LogP contribution in [-0.2, 0) is 9.47 Å². The average Bonchev–Trinajstić information content (AvgIpc) is 2.97. The van der Waals surface area contributed by atoms with Crippen LogP contribution in [0.5, 0.6) is 0 Å². The van der Waals surface area contributed by atoms with E-state index in [0.717, 1.165) is 0 Å². The Hall–Kier alpha value is -3.02. The summed E-state index contributed by atoms with van der Waals surface area (Å²) in [6.07, 6.45) is -0.555. The van der Waals surface area contributed by atoms with Crippen molar-refractivity contribution in [3.8, 4) is 11.1 Å². The van der Waals surface area contributed by atoms with E-state index in [2.05, 4.69) is 24.3 Å². The molecule has 0 bridgehead atoms. The number of nitrogens with zero attached hydrogens (tertiary/aromatic N) is 2. The molecule has 6 heteroatoms. The van der Waals surface area contributed by atoms with E-state index in [4.69, 9.17) is 9.47 Å². The number of rotatable bonds is 2. The molecule has 6 nitrogen and oxygen atoms in total. The van der Waals surface area contributed by atoms with Crippen molar-refractivity contribution in [2.75, 3.05) is 32.8 Å². The summed E-state index contributed by atoms with van der Waals surface area (Å²) in [6, 6.07) is 16.6. The first-order chi connectivity index (χ1) is 14.7. The van der Waals surface area contributed by atoms with Crippen LogP contribution in [-0.4, -0.2) is 60.4 Å². The normalized spacial score (nSPS) is 18.7. The fourth-order valence-corrected chi connectivity index (χ4v) is 5.00. The molecule has 5 rings (SSSR count). The van der Waals surface area contributed by atoms with Gasteiger partial charge in [-0.3, -0.25) is 0 Å². The van der Waals surface area contributed by atoms with Crippen LogP contribution < -0.4 is 0 Å². The van der Waals surface area contributed by atoms with Crippen molar-refractivity contribution in [1.29, 1.82) is 0 Å². The van der Waals surface area contributed by atoms with E-state index in [1.54, 1.807) is 9.80 Å². The van der Waals surface area contributed by atoms with E-state index in [9.17, 15) is 9.59 Å². The quantitative estimate of drug-likeness (QED) is 0.718. The number of carbonyl (C=O) groups excluding carboxylic acids is 2. The SMILES string of the molecule is CC(C)(C)OC(=O)N1CC2(CN(C(=O)OCC3c4ccccc4-c4ccccc43)C2)C1. The summed E-state index contributed by atoms with van der Waals surface area (Å²) in [7, 11) is 0. The van der Waals surface area contributed by atoms with Gasteiger partial charge in [-0.2, -0.15) is 0 Å². The molecule has 0 aromatic heterocycles. The maximum Gasteiger partial charge on any atom is 0.410 e. The number of amides is 2. The predicted molar refractivity (Wildman–Crippen MR) is 117 cm³/mol. The minimum absolute atomic E-state index is 0.00246. The predicted octanol–water partition coefficient (Wildman–Crippen LogP) is 4.49. The zero-order chi connectivity index (χ0) is 21.8. The van der Waals surface area contributed by atoms with Gasteiger partial charge in [-0.1, -0.05) is 48.5 Å². The van der Waals surface area contributed by atoms with Gasteiger partial charge in [0.2, 0.25) is 0 Å². The molecule has 0 saturated carbocycles. The maximum absolute atomic E-state index is 12.6. The van der Waals surface area contributed by atoms with Crippen LogP contribution in [0.1, 0.15) is 37.8 Å². The molecule has 0 unspecified atom stereocenters. The van der Waals surface area contributed by atoms with Crippen LogP contribution in [0.2, 0.25) is 0 Å². The molecule has 1 spiro atoms. The molecule has 2 aliphatic heterocycles. The van der Waals surface area contributed by atoms with Gasteiger partial charge in [0.15, 0.2) is 0 Å². The fourth-order valence-electron chi connectivity index (χ4n) is 5.00. The third kappa shape index (κ3) is 3.54. The number of carbonyl (C=O) groups is 2. The molecule has 162 valence electrons. The van der Waals surface area contributed by atoms with Crippen LogP contribution in [0.3, 0.4) is 0 Å². The summed E-state index contributed by atoms with van der Waals surface area (Å²) >= 11 is 0. The summed E-state index contributed by atoms with van der Waals surface area (Å²) in [5.41, 5.74) is 4.37. The molecule has 0 N–H and O–H groups in total. The molecule has 2 heterocycles. The first-order valence-corrected chi connectivity index (χ1v) is 10.8. The summed E-state index contributed by atoms with van der Waals surface area (Å²) in [5.74, 6) is 0.0675. The van der Waals surface area contributed by atoms with Crippen molar-refractivity contribution in [2.45, 2.75) is 32.3 Å². The number of hydrogen-bond acceptors (Lipinski definition) is 4. The Labute approximate surface area is 182 Å². The highest BCUT2D eigenvalue weighted by Gasteiger charge is 2.55. The van der Waals surface area contributed by atoms with Crippen LogP contribution in [0, 0.1) is 5.41 Å². The van der Waals surface area contributed by atoms with Crippen molar-refractivity contribution in [3.63, 3.8) is 0 Å². The molecule has 31 heavy (non-hydrogen) atoms. The van der Waals surface area contributed by atoms with Gasteiger partial charge in [-0.25, -0.2) is 9.59 Å². The second-order valence-electron chi connectivity index (χ2n) is 10.00. The topological polar surface area (TPSA) is 59.1 Å². The van der Waals surface area contributed by atoms with Gasteiger partial charge in [0.1, 0.15) is 12.2 Å². The van der Waals surface area contributed by atoms with Gasteiger partial charge < -0.3 is 19.3 Å². The number of likely N-dealkylation sites (tertiary alicyclic amines) is 2.